The van der Waals surface area contributed by atoms with Crippen LogP contribution in [0.25, 0.3) is 16.7 Å². The van der Waals surface area contributed by atoms with Gasteiger partial charge in [0.15, 0.2) is 0 Å². The van der Waals surface area contributed by atoms with Crippen molar-refractivity contribution in [3.05, 3.63) is 52.5 Å². The van der Waals surface area contributed by atoms with Gasteiger partial charge in [-0.2, -0.15) is 4.80 Å². The van der Waals surface area contributed by atoms with Gasteiger partial charge in [0.25, 0.3) is 0 Å². The van der Waals surface area contributed by atoms with E-state index in [-0.39, 0.29) is 12.6 Å². The molecule has 1 aromatic heterocycles. The molecule has 0 saturated heterocycles. The van der Waals surface area contributed by atoms with Crippen LogP contribution < -0.4 is 0 Å². The minimum Gasteiger partial charge on any atom is -0.465 e. The molecular formula is C21H22ClN3O3. The number of hydrogen-bond donors (Lipinski definition) is 0. The maximum Gasteiger partial charge on any atom is 0.311 e. The van der Waals surface area contributed by atoms with E-state index in [2.05, 4.69) is 10.2 Å². The van der Waals surface area contributed by atoms with Gasteiger partial charge in [0, 0.05) is 17.0 Å². The maximum atomic E-state index is 12.1. The van der Waals surface area contributed by atoms with Crippen molar-refractivity contribution in [2.75, 3.05) is 6.61 Å². The van der Waals surface area contributed by atoms with Gasteiger partial charge in [-0.15, -0.1) is 10.2 Å². The van der Waals surface area contributed by atoms with Crippen LogP contribution in [0.5, 0.6) is 0 Å². The summed E-state index contributed by atoms with van der Waals surface area (Å²) in [6.45, 7) is 5.92. The van der Waals surface area contributed by atoms with Crippen LogP contribution in [0.4, 0.5) is 0 Å². The fourth-order valence-corrected chi connectivity index (χ4v) is 2.80. The molecule has 1 heterocycles. The summed E-state index contributed by atoms with van der Waals surface area (Å²) in [5.74, 6) is -0.223. The summed E-state index contributed by atoms with van der Waals surface area (Å²) in [7, 11) is 0. The predicted octanol–water partition coefficient (Wildman–Crippen LogP) is 4.41. The number of benzene rings is 2. The zero-order valence-corrected chi connectivity index (χ0v) is 16.9. The molecule has 6 nitrogen and oxygen atoms in total. The second kappa shape index (κ2) is 8.10. The summed E-state index contributed by atoms with van der Waals surface area (Å²) >= 11 is 6.01. The number of aromatic nitrogens is 3. The number of esters is 1. The molecule has 0 spiro atoms. The molecule has 2 aromatic carbocycles. The molecule has 7 heteroatoms. The first-order chi connectivity index (χ1) is 13.3. The Morgan fingerprint density at radius 2 is 1.93 bits per heavy atom. The molecular weight excluding hydrogens is 378 g/mol. The number of hydrogen-bond acceptors (Lipinski definition) is 5. The van der Waals surface area contributed by atoms with E-state index in [1.54, 1.807) is 30.3 Å². The first-order valence-electron chi connectivity index (χ1n) is 9.12. The molecule has 146 valence electrons. The summed E-state index contributed by atoms with van der Waals surface area (Å²) in [6.07, 6.45) is 1.98. The second-order valence-electron chi connectivity index (χ2n) is 7.30. The SMILES string of the molecule is CCC(C)(C)C(=O)OCCc1cc(C=O)cc(-n2nc3ccc(Cl)cc3n2)c1. The van der Waals surface area contributed by atoms with Gasteiger partial charge in [0.2, 0.25) is 0 Å². The van der Waals surface area contributed by atoms with Crippen molar-refractivity contribution in [2.45, 2.75) is 33.6 Å². The van der Waals surface area contributed by atoms with Gasteiger partial charge in [0.1, 0.15) is 17.3 Å². The Labute approximate surface area is 168 Å². The number of aldehydes is 1. The van der Waals surface area contributed by atoms with Crippen molar-refractivity contribution in [1.29, 1.82) is 0 Å². The Morgan fingerprint density at radius 3 is 2.64 bits per heavy atom. The van der Waals surface area contributed by atoms with Crippen molar-refractivity contribution < 1.29 is 14.3 Å². The van der Waals surface area contributed by atoms with Crippen LogP contribution in [-0.4, -0.2) is 33.9 Å². The first kappa shape index (κ1) is 20.0. The van der Waals surface area contributed by atoms with Gasteiger partial charge in [-0.3, -0.25) is 9.59 Å². The third kappa shape index (κ3) is 4.39. The molecule has 0 aliphatic rings. The van der Waals surface area contributed by atoms with Gasteiger partial charge in [-0.25, -0.2) is 0 Å². The maximum absolute atomic E-state index is 12.1. The Bertz CT molecular complexity index is 1030. The second-order valence-corrected chi connectivity index (χ2v) is 7.73. The van der Waals surface area contributed by atoms with Gasteiger partial charge >= 0.3 is 5.97 Å². The van der Waals surface area contributed by atoms with Crippen molar-refractivity contribution in [2.24, 2.45) is 5.41 Å². The molecule has 0 aliphatic carbocycles. The van der Waals surface area contributed by atoms with E-state index in [4.69, 9.17) is 16.3 Å². The topological polar surface area (TPSA) is 74.1 Å². The summed E-state index contributed by atoms with van der Waals surface area (Å²) in [6, 6.07) is 10.6. The summed E-state index contributed by atoms with van der Waals surface area (Å²) < 4.78 is 5.40. The van der Waals surface area contributed by atoms with Gasteiger partial charge in [-0.1, -0.05) is 18.5 Å². The van der Waals surface area contributed by atoms with E-state index in [1.807, 2.05) is 26.8 Å². The molecule has 0 atom stereocenters. The van der Waals surface area contributed by atoms with Crippen LogP contribution in [0.1, 0.15) is 43.1 Å². The van der Waals surface area contributed by atoms with E-state index in [0.29, 0.717) is 40.1 Å². The highest BCUT2D eigenvalue weighted by atomic mass is 35.5. The van der Waals surface area contributed by atoms with Gasteiger partial charge in [-0.05, 0) is 62.2 Å². The lowest BCUT2D eigenvalue weighted by Gasteiger charge is -2.20. The zero-order chi connectivity index (χ0) is 20.3. The molecule has 28 heavy (non-hydrogen) atoms. The lowest BCUT2D eigenvalue weighted by molar-refractivity contribution is -0.154. The molecule has 0 fully saturated rings. The van der Waals surface area contributed by atoms with Crippen LogP contribution in [0.15, 0.2) is 36.4 Å². The fraction of sp³-hybridized carbons (Fsp3) is 0.333. The van der Waals surface area contributed by atoms with Gasteiger partial charge in [0.05, 0.1) is 17.7 Å². The van der Waals surface area contributed by atoms with Crippen LogP contribution in [0.3, 0.4) is 0 Å². The Balaban J connectivity index is 1.81. The first-order valence-corrected chi connectivity index (χ1v) is 9.49. The van der Waals surface area contributed by atoms with E-state index < -0.39 is 5.41 Å². The highest BCUT2D eigenvalue weighted by Crippen LogP contribution is 2.22. The summed E-state index contributed by atoms with van der Waals surface area (Å²) in [5, 5.41) is 9.45. The monoisotopic (exact) mass is 399 g/mol. The summed E-state index contributed by atoms with van der Waals surface area (Å²) in [5.41, 5.74) is 2.90. The third-order valence-corrected chi connectivity index (χ3v) is 5.00. The smallest absolute Gasteiger partial charge is 0.311 e. The minimum atomic E-state index is -0.504. The lowest BCUT2D eigenvalue weighted by atomic mass is 9.91. The molecule has 0 amide bonds. The molecule has 3 aromatic rings. The van der Waals surface area contributed by atoms with E-state index in [9.17, 15) is 9.59 Å². The lowest BCUT2D eigenvalue weighted by Crippen LogP contribution is -2.26. The molecule has 0 bridgehead atoms. The van der Waals surface area contributed by atoms with Crippen LogP contribution >= 0.6 is 11.6 Å². The molecule has 3 rings (SSSR count). The third-order valence-electron chi connectivity index (χ3n) is 4.77. The average Bonchev–Trinajstić information content (AvgIpc) is 3.10. The molecule has 0 aliphatic heterocycles. The minimum absolute atomic E-state index is 0.223. The number of fused-ring (bicyclic) bond motifs is 1. The zero-order valence-electron chi connectivity index (χ0n) is 16.1. The number of carbonyl (C=O) groups is 2. The molecule has 0 N–H and O–H groups in total. The number of rotatable bonds is 7. The number of ether oxygens (including phenoxy) is 1. The van der Waals surface area contributed by atoms with Crippen molar-refractivity contribution in [3.63, 3.8) is 0 Å². The van der Waals surface area contributed by atoms with Crippen molar-refractivity contribution in [3.8, 4) is 5.69 Å². The average molecular weight is 400 g/mol. The van der Waals surface area contributed by atoms with Crippen LogP contribution in [0, 0.1) is 5.41 Å². The predicted molar refractivity (Wildman–Crippen MR) is 108 cm³/mol. The summed E-state index contributed by atoms with van der Waals surface area (Å²) in [4.78, 5) is 24.9. The van der Waals surface area contributed by atoms with Crippen molar-refractivity contribution in [1.82, 2.24) is 15.0 Å². The Kier molecular flexibility index (Phi) is 5.79. The quantitative estimate of drug-likeness (QED) is 0.434. The fourth-order valence-electron chi connectivity index (χ4n) is 2.63. The van der Waals surface area contributed by atoms with E-state index in [1.165, 1.54) is 4.80 Å². The Morgan fingerprint density at radius 1 is 1.18 bits per heavy atom. The molecule has 0 unspecified atom stereocenters. The highest BCUT2D eigenvalue weighted by molar-refractivity contribution is 6.31. The standard InChI is InChI=1S/C21H22ClN3O3/c1-4-21(2,3)20(27)28-8-7-14-9-15(13-26)11-17(10-14)25-23-18-6-5-16(22)12-19(18)24-25/h5-6,9-13H,4,7-8H2,1-3H3. The number of nitrogens with zero attached hydrogens (tertiary/aromatic N) is 3. The largest absolute Gasteiger partial charge is 0.465 e. The van der Waals surface area contributed by atoms with Crippen molar-refractivity contribution >= 4 is 34.9 Å². The van der Waals surface area contributed by atoms with E-state index >= 15 is 0 Å². The molecule has 0 radical (unpaired) electrons. The van der Waals surface area contributed by atoms with Gasteiger partial charge < -0.3 is 4.74 Å². The van der Waals surface area contributed by atoms with E-state index in [0.717, 1.165) is 11.8 Å². The van der Waals surface area contributed by atoms with Crippen LogP contribution in [-0.2, 0) is 16.0 Å². The highest BCUT2D eigenvalue weighted by Gasteiger charge is 2.26. The number of carbonyl (C=O) groups excluding carboxylic acids is 2. The normalized spacial score (nSPS) is 11.6. The Hall–Kier alpha value is -2.73. The number of halogens is 1. The van der Waals surface area contributed by atoms with Crippen LogP contribution in [0.2, 0.25) is 5.02 Å². The molecule has 0 saturated carbocycles.